The summed E-state index contributed by atoms with van der Waals surface area (Å²) in [5.41, 5.74) is 7.27. The topological polar surface area (TPSA) is 93.8 Å². The second-order valence-corrected chi connectivity index (χ2v) is 8.52. The first-order chi connectivity index (χ1) is 15.0. The van der Waals surface area contributed by atoms with Crippen molar-refractivity contribution in [2.24, 2.45) is 11.7 Å². The molecule has 31 heavy (non-hydrogen) atoms. The summed E-state index contributed by atoms with van der Waals surface area (Å²) in [5, 5.41) is 4.37. The molecule has 0 aliphatic heterocycles. The van der Waals surface area contributed by atoms with Gasteiger partial charge in [-0.1, -0.05) is 39.7 Å². The Morgan fingerprint density at radius 1 is 1.10 bits per heavy atom. The minimum Gasteiger partial charge on any atom is -0.369 e. The SMILES string of the molecule is CCCC(CCC)C(N)=O.CCc1ncc(-c2cccc(Nc3cc(C)ccn3)n2)s1. The number of hydrogen-bond acceptors (Lipinski definition) is 6. The van der Waals surface area contributed by atoms with Crippen LogP contribution in [0.25, 0.3) is 10.6 Å². The highest BCUT2D eigenvalue weighted by molar-refractivity contribution is 7.15. The Bertz CT molecular complexity index is 950. The van der Waals surface area contributed by atoms with Crippen molar-refractivity contribution in [3.63, 3.8) is 0 Å². The number of hydrogen-bond donors (Lipinski definition) is 2. The van der Waals surface area contributed by atoms with Crippen molar-refractivity contribution >= 4 is 28.9 Å². The molecule has 3 rings (SSSR count). The fourth-order valence-electron chi connectivity index (χ4n) is 3.10. The lowest BCUT2D eigenvalue weighted by atomic mass is 9.98. The molecule has 0 bridgehead atoms. The molecule has 166 valence electrons. The summed E-state index contributed by atoms with van der Waals surface area (Å²) in [5.74, 6) is 1.58. The number of anilines is 2. The number of rotatable bonds is 9. The van der Waals surface area contributed by atoms with E-state index >= 15 is 0 Å². The maximum Gasteiger partial charge on any atom is 0.220 e. The zero-order chi connectivity index (χ0) is 22.6. The third-order valence-corrected chi connectivity index (χ3v) is 5.87. The van der Waals surface area contributed by atoms with E-state index in [4.69, 9.17) is 5.73 Å². The number of carbonyl (C=O) groups is 1. The Morgan fingerprint density at radius 3 is 2.42 bits per heavy atom. The van der Waals surface area contributed by atoms with Gasteiger partial charge in [-0.3, -0.25) is 4.79 Å². The van der Waals surface area contributed by atoms with Gasteiger partial charge in [-0.25, -0.2) is 15.0 Å². The molecule has 0 aliphatic rings. The standard InChI is InChI=1S/C16H16N4S.C8H17NO/c1-3-16-18-10-13(21-16)12-5-4-6-14(19-12)20-15-9-11(2)7-8-17-15;1-3-5-7(6-4-2)8(9)10/h4-10H,3H2,1-2H3,(H,17,19,20);7H,3-6H2,1-2H3,(H2,9,10). The molecule has 3 aromatic rings. The minimum absolute atomic E-state index is 0.120. The van der Waals surface area contributed by atoms with Gasteiger partial charge in [0.1, 0.15) is 11.6 Å². The Morgan fingerprint density at radius 2 is 1.84 bits per heavy atom. The van der Waals surface area contributed by atoms with Crippen LogP contribution in [0.4, 0.5) is 11.6 Å². The average Bonchev–Trinajstić information content (AvgIpc) is 3.24. The Kier molecular flexibility index (Phi) is 10.1. The highest BCUT2D eigenvalue weighted by Crippen LogP contribution is 2.26. The third kappa shape index (κ3) is 8.09. The molecule has 0 unspecified atom stereocenters. The Labute approximate surface area is 189 Å². The molecule has 3 N–H and O–H groups in total. The largest absolute Gasteiger partial charge is 0.369 e. The molecule has 0 saturated carbocycles. The van der Waals surface area contributed by atoms with E-state index < -0.39 is 0 Å². The van der Waals surface area contributed by atoms with E-state index in [2.05, 4.69) is 41.0 Å². The van der Waals surface area contributed by atoms with Crippen LogP contribution >= 0.6 is 11.3 Å². The van der Waals surface area contributed by atoms with Crippen LogP contribution in [0.15, 0.2) is 42.7 Å². The molecule has 0 aliphatic carbocycles. The van der Waals surface area contributed by atoms with Gasteiger partial charge in [0.25, 0.3) is 0 Å². The van der Waals surface area contributed by atoms with Gasteiger partial charge < -0.3 is 11.1 Å². The van der Waals surface area contributed by atoms with Gasteiger partial charge in [-0.2, -0.15) is 0 Å². The lowest BCUT2D eigenvalue weighted by molar-refractivity contribution is -0.122. The van der Waals surface area contributed by atoms with E-state index in [9.17, 15) is 4.79 Å². The summed E-state index contributed by atoms with van der Waals surface area (Å²) in [6.07, 6.45) is 8.63. The number of aromatic nitrogens is 3. The lowest BCUT2D eigenvalue weighted by Gasteiger charge is -2.09. The minimum atomic E-state index is -0.135. The van der Waals surface area contributed by atoms with Crippen LogP contribution < -0.4 is 11.1 Å². The average molecular weight is 440 g/mol. The van der Waals surface area contributed by atoms with E-state index in [1.807, 2.05) is 43.5 Å². The van der Waals surface area contributed by atoms with Crippen molar-refractivity contribution in [1.82, 2.24) is 15.0 Å². The summed E-state index contributed by atoms with van der Waals surface area (Å²) in [6, 6.07) is 9.90. The van der Waals surface area contributed by atoms with Gasteiger partial charge in [-0.15, -0.1) is 11.3 Å². The second kappa shape index (κ2) is 12.8. The van der Waals surface area contributed by atoms with Crippen LogP contribution in [-0.4, -0.2) is 20.9 Å². The molecule has 1 amide bonds. The maximum absolute atomic E-state index is 10.7. The first-order valence-corrected chi connectivity index (χ1v) is 11.7. The van der Waals surface area contributed by atoms with E-state index in [0.29, 0.717) is 0 Å². The zero-order valence-corrected chi connectivity index (χ0v) is 19.7. The Hall–Kier alpha value is -2.80. The second-order valence-electron chi connectivity index (χ2n) is 7.40. The number of nitrogens with one attached hydrogen (secondary N) is 1. The maximum atomic E-state index is 10.7. The number of primary amides is 1. The molecular formula is C24H33N5OS. The molecule has 3 aromatic heterocycles. The van der Waals surface area contributed by atoms with Gasteiger partial charge in [-0.05, 0) is 56.0 Å². The zero-order valence-electron chi connectivity index (χ0n) is 18.9. The molecular weight excluding hydrogens is 406 g/mol. The summed E-state index contributed by atoms with van der Waals surface area (Å²) < 4.78 is 0. The molecule has 6 nitrogen and oxygen atoms in total. The van der Waals surface area contributed by atoms with Crippen LogP contribution in [0.1, 0.15) is 57.0 Å². The molecule has 7 heteroatoms. The summed E-state index contributed by atoms with van der Waals surface area (Å²) in [6.45, 7) is 8.30. The molecule has 0 spiro atoms. The van der Waals surface area contributed by atoms with Crippen molar-refractivity contribution in [2.45, 2.75) is 59.8 Å². The fourth-order valence-corrected chi connectivity index (χ4v) is 3.92. The fraction of sp³-hybridized carbons (Fsp3) is 0.417. The van der Waals surface area contributed by atoms with Crippen LogP contribution in [0.5, 0.6) is 0 Å². The van der Waals surface area contributed by atoms with Gasteiger partial charge in [0.05, 0.1) is 15.6 Å². The molecule has 0 atom stereocenters. The van der Waals surface area contributed by atoms with Crippen molar-refractivity contribution in [1.29, 1.82) is 0 Å². The summed E-state index contributed by atoms with van der Waals surface area (Å²) in [4.78, 5) is 25.1. The van der Waals surface area contributed by atoms with Crippen LogP contribution in [0.2, 0.25) is 0 Å². The molecule has 0 saturated heterocycles. The molecule has 0 fully saturated rings. The van der Waals surface area contributed by atoms with Gasteiger partial charge in [0.2, 0.25) is 5.91 Å². The highest BCUT2D eigenvalue weighted by atomic mass is 32.1. The van der Waals surface area contributed by atoms with Crippen LogP contribution in [0.3, 0.4) is 0 Å². The number of carbonyl (C=O) groups excluding carboxylic acids is 1. The summed E-state index contributed by atoms with van der Waals surface area (Å²) >= 11 is 1.69. The predicted molar refractivity (Wildman–Crippen MR) is 129 cm³/mol. The summed E-state index contributed by atoms with van der Waals surface area (Å²) in [7, 11) is 0. The van der Waals surface area contributed by atoms with E-state index in [-0.39, 0.29) is 11.8 Å². The van der Waals surface area contributed by atoms with Crippen molar-refractivity contribution in [3.8, 4) is 10.6 Å². The van der Waals surface area contributed by atoms with Crippen molar-refractivity contribution in [3.05, 3.63) is 53.3 Å². The lowest BCUT2D eigenvalue weighted by Crippen LogP contribution is -2.22. The number of nitrogens with zero attached hydrogens (tertiary/aromatic N) is 3. The van der Waals surface area contributed by atoms with Crippen LogP contribution in [0, 0.1) is 12.8 Å². The number of pyridine rings is 2. The number of thiazole rings is 1. The first kappa shape index (κ1) is 24.5. The van der Waals surface area contributed by atoms with Crippen molar-refractivity contribution in [2.75, 3.05) is 5.32 Å². The number of aryl methyl sites for hydroxylation is 2. The smallest absolute Gasteiger partial charge is 0.220 e. The van der Waals surface area contributed by atoms with E-state index in [1.54, 1.807) is 17.5 Å². The highest BCUT2D eigenvalue weighted by Gasteiger charge is 2.11. The Balaban J connectivity index is 0.000000291. The number of nitrogens with two attached hydrogens (primary N) is 1. The third-order valence-electron chi connectivity index (χ3n) is 4.71. The van der Waals surface area contributed by atoms with E-state index in [1.165, 1.54) is 5.56 Å². The quantitative estimate of drug-likeness (QED) is 0.433. The van der Waals surface area contributed by atoms with Crippen LogP contribution in [-0.2, 0) is 11.2 Å². The molecule has 0 radical (unpaired) electrons. The molecule has 3 heterocycles. The van der Waals surface area contributed by atoms with Gasteiger partial charge in [0.15, 0.2) is 0 Å². The predicted octanol–water partition coefficient (Wildman–Crippen LogP) is 5.90. The molecule has 0 aromatic carbocycles. The van der Waals surface area contributed by atoms with Gasteiger partial charge in [0, 0.05) is 18.3 Å². The van der Waals surface area contributed by atoms with E-state index in [0.717, 1.165) is 59.3 Å². The monoisotopic (exact) mass is 439 g/mol. The first-order valence-electron chi connectivity index (χ1n) is 10.9. The van der Waals surface area contributed by atoms with Gasteiger partial charge >= 0.3 is 0 Å². The number of amides is 1. The van der Waals surface area contributed by atoms with Crippen molar-refractivity contribution < 1.29 is 4.79 Å². The normalized spacial score (nSPS) is 10.5.